The SMILES string of the molecule is CN(C)S(=O)(=O)C[C@@H]1COC[C@@H]1NC(=O)C1(c2ccccc2)CCCCC1. The Bertz CT molecular complexity index is 743. The summed E-state index contributed by atoms with van der Waals surface area (Å²) < 4.78 is 31.3. The van der Waals surface area contributed by atoms with Gasteiger partial charge in [0, 0.05) is 20.0 Å². The van der Waals surface area contributed by atoms with Gasteiger partial charge in [0.1, 0.15) is 0 Å². The molecule has 150 valence electrons. The maximum absolute atomic E-state index is 13.4. The summed E-state index contributed by atoms with van der Waals surface area (Å²) in [5, 5.41) is 3.15. The van der Waals surface area contributed by atoms with Gasteiger partial charge >= 0.3 is 0 Å². The highest BCUT2D eigenvalue weighted by atomic mass is 32.2. The van der Waals surface area contributed by atoms with Crippen molar-refractivity contribution in [1.82, 2.24) is 9.62 Å². The summed E-state index contributed by atoms with van der Waals surface area (Å²) in [5.74, 6) is -0.225. The molecule has 1 amide bonds. The van der Waals surface area contributed by atoms with Crippen molar-refractivity contribution in [1.29, 1.82) is 0 Å². The van der Waals surface area contributed by atoms with E-state index >= 15 is 0 Å². The van der Waals surface area contributed by atoms with E-state index in [0.717, 1.165) is 37.7 Å². The predicted molar refractivity (Wildman–Crippen MR) is 105 cm³/mol. The van der Waals surface area contributed by atoms with Gasteiger partial charge in [0.25, 0.3) is 0 Å². The number of sulfonamides is 1. The minimum atomic E-state index is -3.34. The largest absolute Gasteiger partial charge is 0.379 e. The average molecular weight is 395 g/mol. The Morgan fingerprint density at radius 1 is 1.15 bits per heavy atom. The van der Waals surface area contributed by atoms with Gasteiger partial charge < -0.3 is 10.1 Å². The summed E-state index contributed by atoms with van der Waals surface area (Å²) in [6.07, 6.45) is 4.87. The molecule has 27 heavy (non-hydrogen) atoms. The number of amides is 1. The molecular formula is C20H30N2O4S. The molecule has 3 rings (SSSR count). The zero-order valence-electron chi connectivity index (χ0n) is 16.2. The second-order valence-electron chi connectivity index (χ2n) is 7.95. The third-order valence-corrected chi connectivity index (χ3v) is 7.93. The van der Waals surface area contributed by atoms with Crippen LogP contribution in [0.5, 0.6) is 0 Å². The minimum Gasteiger partial charge on any atom is -0.379 e. The number of carbonyl (C=O) groups excluding carboxylic acids is 1. The standard InChI is InChI=1S/C20H30N2O4S/c1-22(2)27(24,25)15-16-13-26-14-18(16)21-19(23)20(11-7-4-8-12-20)17-9-5-3-6-10-17/h3,5-6,9-10,16,18H,4,7-8,11-15H2,1-2H3,(H,21,23)/t16-,18-/m0/s1. The summed E-state index contributed by atoms with van der Waals surface area (Å²) in [5.41, 5.74) is 0.533. The Hall–Kier alpha value is -1.44. The number of nitrogens with zero attached hydrogens (tertiary/aromatic N) is 1. The van der Waals surface area contributed by atoms with E-state index in [0.29, 0.717) is 13.2 Å². The van der Waals surface area contributed by atoms with Crippen LogP contribution in [0, 0.1) is 5.92 Å². The van der Waals surface area contributed by atoms with Crippen LogP contribution in [0.2, 0.25) is 0 Å². The quantitative estimate of drug-likeness (QED) is 0.800. The number of nitrogens with one attached hydrogen (secondary N) is 1. The molecule has 7 heteroatoms. The van der Waals surface area contributed by atoms with E-state index in [1.165, 1.54) is 18.4 Å². The number of hydrogen-bond donors (Lipinski definition) is 1. The molecule has 0 aromatic heterocycles. The van der Waals surface area contributed by atoms with Crippen molar-refractivity contribution in [2.75, 3.05) is 33.1 Å². The van der Waals surface area contributed by atoms with E-state index in [9.17, 15) is 13.2 Å². The van der Waals surface area contributed by atoms with Crippen molar-refractivity contribution >= 4 is 15.9 Å². The minimum absolute atomic E-state index is 0.0103. The van der Waals surface area contributed by atoms with Gasteiger partial charge in [0.05, 0.1) is 30.4 Å². The summed E-state index contributed by atoms with van der Waals surface area (Å²) in [4.78, 5) is 13.4. The highest BCUT2D eigenvalue weighted by molar-refractivity contribution is 7.89. The molecule has 2 atom stereocenters. The molecule has 1 N–H and O–H groups in total. The van der Waals surface area contributed by atoms with Gasteiger partial charge in [-0.05, 0) is 18.4 Å². The summed E-state index contributed by atoms with van der Waals surface area (Å²) >= 11 is 0. The molecule has 2 fully saturated rings. The molecular weight excluding hydrogens is 364 g/mol. The van der Waals surface area contributed by atoms with Crippen LogP contribution in [-0.2, 0) is 25.0 Å². The maximum atomic E-state index is 13.4. The average Bonchev–Trinajstić information content (AvgIpc) is 3.08. The fourth-order valence-electron chi connectivity index (χ4n) is 4.21. The third kappa shape index (κ3) is 4.36. The maximum Gasteiger partial charge on any atom is 0.230 e. The summed E-state index contributed by atoms with van der Waals surface area (Å²) in [7, 11) is -0.275. The van der Waals surface area contributed by atoms with Crippen LogP contribution in [-0.4, -0.2) is 57.7 Å². The van der Waals surface area contributed by atoms with Crippen molar-refractivity contribution in [3.63, 3.8) is 0 Å². The molecule has 6 nitrogen and oxygen atoms in total. The zero-order chi connectivity index (χ0) is 19.5. The lowest BCUT2D eigenvalue weighted by Gasteiger charge is -2.37. The molecule has 0 radical (unpaired) electrons. The van der Waals surface area contributed by atoms with Crippen LogP contribution in [0.3, 0.4) is 0 Å². The second kappa shape index (κ2) is 8.29. The van der Waals surface area contributed by atoms with Crippen LogP contribution in [0.4, 0.5) is 0 Å². The van der Waals surface area contributed by atoms with E-state index in [4.69, 9.17) is 4.74 Å². The molecule has 1 aliphatic carbocycles. The number of rotatable bonds is 6. The third-order valence-electron chi connectivity index (χ3n) is 5.96. The molecule has 1 saturated heterocycles. The van der Waals surface area contributed by atoms with Gasteiger partial charge in [-0.25, -0.2) is 12.7 Å². The van der Waals surface area contributed by atoms with Crippen LogP contribution in [0.25, 0.3) is 0 Å². The first-order valence-electron chi connectivity index (χ1n) is 9.70. The fraction of sp³-hybridized carbons (Fsp3) is 0.650. The van der Waals surface area contributed by atoms with Crippen molar-refractivity contribution < 1.29 is 17.9 Å². The van der Waals surface area contributed by atoms with Crippen molar-refractivity contribution in [2.45, 2.75) is 43.6 Å². The molecule has 1 aliphatic heterocycles. The van der Waals surface area contributed by atoms with Crippen LogP contribution >= 0.6 is 0 Å². The van der Waals surface area contributed by atoms with Crippen LogP contribution < -0.4 is 5.32 Å². The zero-order valence-corrected chi connectivity index (χ0v) is 17.0. The van der Waals surface area contributed by atoms with E-state index in [2.05, 4.69) is 5.32 Å². The molecule has 0 unspecified atom stereocenters. The summed E-state index contributed by atoms with van der Waals surface area (Å²) in [6.45, 7) is 0.723. The Balaban J connectivity index is 1.77. The van der Waals surface area contributed by atoms with Crippen LogP contribution in [0.15, 0.2) is 30.3 Å². The van der Waals surface area contributed by atoms with E-state index in [1.54, 1.807) is 0 Å². The first-order chi connectivity index (χ1) is 12.8. The van der Waals surface area contributed by atoms with Gasteiger partial charge in [-0.2, -0.15) is 0 Å². The molecule has 2 aliphatic rings. The Morgan fingerprint density at radius 3 is 2.44 bits per heavy atom. The number of ether oxygens (including phenoxy) is 1. The topological polar surface area (TPSA) is 75.7 Å². The van der Waals surface area contributed by atoms with E-state index in [-0.39, 0.29) is 23.6 Å². The molecule has 1 aromatic rings. The highest BCUT2D eigenvalue weighted by Crippen LogP contribution is 2.40. The highest BCUT2D eigenvalue weighted by Gasteiger charge is 2.43. The van der Waals surface area contributed by atoms with Crippen molar-refractivity contribution in [3.8, 4) is 0 Å². The number of hydrogen-bond acceptors (Lipinski definition) is 4. The first-order valence-corrected chi connectivity index (χ1v) is 11.3. The smallest absolute Gasteiger partial charge is 0.230 e. The van der Waals surface area contributed by atoms with E-state index in [1.807, 2.05) is 30.3 Å². The lowest BCUT2D eigenvalue weighted by Crippen LogP contribution is -2.52. The Labute approximate surface area is 162 Å². The number of benzene rings is 1. The van der Waals surface area contributed by atoms with Gasteiger partial charge in [-0.15, -0.1) is 0 Å². The van der Waals surface area contributed by atoms with Gasteiger partial charge in [-0.3, -0.25) is 4.79 Å². The lowest BCUT2D eigenvalue weighted by molar-refractivity contribution is -0.129. The molecule has 0 spiro atoms. The number of carbonyl (C=O) groups is 1. The fourth-order valence-corrected chi connectivity index (χ4v) is 5.38. The Kier molecular flexibility index (Phi) is 6.23. The monoisotopic (exact) mass is 394 g/mol. The molecule has 1 saturated carbocycles. The Morgan fingerprint density at radius 2 is 1.81 bits per heavy atom. The predicted octanol–water partition coefficient (Wildman–Crippen LogP) is 1.91. The van der Waals surface area contributed by atoms with Gasteiger partial charge in [0.2, 0.25) is 15.9 Å². The molecule has 1 aromatic carbocycles. The molecule has 0 bridgehead atoms. The second-order valence-corrected chi connectivity index (χ2v) is 10.2. The lowest BCUT2D eigenvalue weighted by atomic mass is 9.68. The molecule has 1 heterocycles. The normalized spacial score (nSPS) is 25.4. The van der Waals surface area contributed by atoms with Gasteiger partial charge in [0.15, 0.2) is 0 Å². The van der Waals surface area contributed by atoms with Crippen molar-refractivity contribution in [2.24, 2.45) is 5.92 Å². The van der Waals surface area contributed by atoms with Crippen LogP contribution in [0.1, 0.15) is 37.7 Å². The first kappa shape index (κ1) is 20.3. The van der Waals surface area contributed by atoms with Crippen molar-refractivity contribution in [3.05, 3.63) is 35.9 Å². The van der Waals surface area contributed by atoms with E-state index < -0.39 is 15.4 Å². The van der Waals surface area contributed by atoms with Gasteiger partial charge in [-0.1, -0.05) is 49.6 Å². The summed E-state index contributed by atoms with van der Waals surface area (Å²) in [6, 6.07) is 9.71.